The van der Waals surface area contributed by atoms with Gasteiger partial charge in [-0.15, -0.1) is 0 Å². The number of nitrogens with one attached hydrogen (secondary N) is 2. The molecule has 0 fully saturated rings. The zero-order valence-electron chi connectivity index (χ0n) is 15.0. The Hall–Kier alpha value is -3.54. The summed E-state index contributed by atoms with van der Waals surface area (Å²) in [5, 5.41) is 18.9. The van der Waals surface area contributed by atoms with E-state index in [4.69, 9.17) is 4.74 Å². The van der Waals surface area contributed by atoms with E-state index in [9.17, 15) is 9.90 Å². The number of hydrogen-bond donors (Lipinski definition) is 3. The number of hydrazone groups is 1. The van der Waals surface area contributed by atoms with Gasteiger partial charge >= 0.3 is 0 Å². The number of rotatable bonds is 7. The fraction of sp³-hybridized carbons (Fsp3) is 0.143. The van der Waals surface area contributed by atoms with Crippen LogP contribution < -0.4 is 15.5 Å². The lowest BCUT2D eigenvalue weighted by molar-refractivity contribution is -0.119. The number of fused-ring (bicyclic) bond motifs is 1. The number of nitrogens with zero attached hydrogens (tertiary/aromatic N) is 1. The van der Waals surface area contributed by atoms with Crippen molar-refractivity contribution in [2.45, 2.75) is 6.92 Å². The molecule has 0 bridgehead atoms. The van der Waals surface area contributed by atoms with Crippen LogP contribution in [0.2, 0.25) is 0 Å². The van der Waals surface area contributed by atoms with Crippen molar-refractivity contribution in [2.24, 2.45) is 5.10 Å². The zero-order valence-corrected chi connectivity index (χ0v) is 15.0. The summed E-state index contributed by atoms with van der Waals surface area (Å²) in [5.41, 5.74) is 4.05. The van der Waals surface area contributed by atoms with Crippen molar-refractivity contribution >= 4 is 28.6 Å². The molecule has 6 nitrogen and oxygen atoms in total. The quantitative estimate of drug-likeness (QED) is 0.443. The molecule has 27 heavy (non-hydrogen) atoms. The third-order valence-electron chi connectivity index (χ3n) is 3.89. The van der Waals surface area contributed by atoms with Gasteiger partial charge in [-0.25, -0.2) is 5.43 Å². The van der Waals surface area contributed by atoms with Gasteiger partial charge in [0, 0.05) is 5.69 Å². The summed E-state index contributed by atoms with van der Waals surface area (Å²) in [6, 6.07) is 18.8. The highest BCUT2D eigenvalue weighted by atomic mass is 16.5. The Labute approximate surface area is 157 Å². The molecule has 0 saturated heterocycles. The molecule has 0 heterocycles. The van der Waals surface area contributed by atoms with Gasteiger partial charge < -0.3 is 15.2 Å². The molecule has 0 saturated carbocycles. The van der Waals surface area contributed by atoms with Crippen molar-refractivity contribution in [2.75, 3.05) is 18.5 Å². The van der Waals surface area contributed by atoms with E-state index in [-0.39, 0.29) is 18.2 Å². The Balaban J connectivity index is 1.53. The summed E-state index contributed by atoms with van der Waals surface area (Å²) in [4.78, 5) is 11.9. The summed E-state index contributed by atoms with van der Waals surface area (Å²) >= 11 is 0. The monoisotopic (exact) mass is 363 g/mol. The molecule has 0 aromatic heterocycles. The standard InChI is InChI=1S/C21H21N3O3/c1-2-27-20-11-15(7-10-19(20)25)13-23-24-21(26)14-22-18-9-8-16-5-3-4-6-17(16)12-18/h3-13,22,25H,2,14H2,1H3,(H,24,26). The van der Waals surface area contributed by atoms with Crippen molar-refractivity contribution < 1.29 is 14.6 Å². The lowest BCUT2D eigenvalue weighted by Crippen LogP contribution is -2.25. The molecule has 3 rings (SSSR count). The van der Waals surface area contributed by atoms with Gasteiger partial charge in [-0.2, -0.15) is 5.10 Å². The lowest BCUT2D eigenvalue weighted by Gasteiger charge is -2.07. The molecule has 3 aromatic rings. The topological polar surface area (TPSA) is 83.0 Å². The fourth-order valence-corrected chi connectivity index (χ4v) is 2.58. The Morgan fingerprint density at radius 2 is 1.93 bits per heavy atom. The Morgan fingerprint density at radius 1 is 1.11 bits per heavy atom. The minimum atomic E-state index is -0.261. The third-order valence-corrected chi connectivity index (χ3v) is 3.89. The summed E-state index contributed by atoms with van der Waals surface area (Å²) in [5.74, 6) is 0.187. The van der Waals surface area contributed by atoms with Crippen molar-refractivity contribution in [1.82, 2.24) is 5.43 Å². The Kier molecular flexibility index (Phi) is 5.89. The minimum absolute atomic E-state index is 0.0672. The van der Waals surface area contributed by atoms with Gasteiger partial charge in [-0.1, -0.05) is 30.3 Å². The van der Waals surface area contributed by atoms with Crippen LogP contribution in [0.25, 0.3) is 10.8 Å². The molecule has 3 N–H and O–H groups in total. The van der Waals surface area contributed by atoms with Crippen molar-refractivity contribution in [3.8, 4) is 11.5 Å². The number of ether oxygens (including phenoxy) is 1. The van der Waals surface area contributed by atoms with E-state index in [1.54, 1.807) is 12.1 Å². The molecule has 3 aromatic carbocycles. The van der Waals surface area contributed by atoms with E-state index in [0.717, 1.165) is 16.5 Å². The molecule has 0 aliphatic heterocycles. The number of phenols is 1. The second kappa shape index (κ2) is 8.71. The van der Waals surface area contributed by atoms with Crippen LogP contribution in [0.1, 0.15) is 12.5 Å². The highest BCUT2D eigenvalue weighted by Crippen LogP contribution is 2.26. The summed E-state index contributed by atoms with van der Waals surface area (Å²) < 4.78 is 5.31. The van der Waals surface area contributed by atoms with Crippen LogP contribution in [0, 0.1) is 0 Å². The zero-order chi connectivity index (χ0) is 19.1. The Bertz CT molecular complexity index is 970. The number of phenolic OH excluding ortho intramolecular Hbond substituents is 1. The first-order chi connectivity index (χ1) is 13.2. The van der Waals surface area contributed by atoms with Crippen LogP contribution in [0.5, 0.6) is 11.5 Å². The molecule has 0 atom stereocenters. The van der Waals surface area contributed by atoms with Crippen LogP contribution in [0.3, 0.4) is 0 Å². The van der Waals surface area contributed by atoms with Gasteiger partial charge in [0.05, 0.1) is 19.4 Å². The molecular formula is C21H21N3O3. The van der Waals surface area contributed by atoms with Crippen molar-refractivity contribution in [3.05, 3.63) is 66.2 Å². The average molecular weight is 363 g/mol. The summed E-state index contributed by atoms with van der Waals surface area (Å²) in [7, 11) is 0. The molecular weight excluding hydrogens is 342 g/mol. The molecule has 0 aliphatic carbocycles. The summed E-state index contributed by atoms with van der Waals surface area (Å²) in [6.45, 7) is 2.39. The predicted octanol–water partition coefficient (Wildman–Crippen LogP) is 3.51. The maximum atomic E-state index is 11.9. The van der Waals surface area contributed by atoms with Crippen LogP contribution >= 0.6 is 0 Å². The molecule has 0 unspecified atom stereocenters. The maximum Gasteiger partial charge on any atom is 0.259 e. The van der Waals surface area contributed by atoms with E-state index < -0.39 is 0 Å². The van der Waals surface area contributed by atoms with Gasteiger partial charge in [0.2, 0.25) is 0 Å². The number of benzene rings is 3. The van der Waals surface area contributed by atoms with Gasteiger partial charge in [0.1, 0.15) is 0 Å². The van der Waals surface area contributed by atoms with Gasteiger partial charge in [-0.3, -0.25) is 4.79 Å². The van der Waals surface area contributed by atoms with E-state index in [1.807, 2.05) is 49.4 Å². The predicted molar refractivity (Wildman–Crippen MR) is 107 cm³/mol. The second-order valence-electron chi connectivity index (χ2n) is 5.87. The molecule has 0 aliphatic rings. The Morgan fingerprint density at radius 3 is 2.74 bits per heavy atom. The molecule has 138 valence electrons. The number of anilines is 1. The maximum absolute atomic E-state index is 11.9. The van der Waals surface area contributed by atoms with Gasteiger partial charge in [0.15, 0.2) is 11.5 Å². The molecule has 0 radical (unpaired) electrons. The smallest absolute Gasteiger partial charge is 0.259 e. The fourth-order valence-electron chi connectivity index (χ4n) is 2.58. The van der Waals surface area contributed by atoms with E-state index in [1.165, 1.54) is 12.3 Å². The molecule has 6 heteroatoms. The largest absolute Gasteiger partial charge is 0.504 e. The van der Waals surface area contributed by atoms with Crippen LogP contribution in [0.15, 0.2) is 65.8 Å². The van der Waals surface area contributed by atoms with Crippen LogP contribution in [0.4, 0.5) is 5.69 Å². The molecule has 0 spiro atoms. The first-order valence-corrected chi connectivity index (χ1v) is 8.66. The number of carbonyl (C=O) groups excluding carboxylic acids is 1. The normalized spacial score (nSPS) is 10.9. The van der Waals surface area contributed by atoms with Gasteiger partial charge in [0.25, 0.3) is 5.91 Å². The van der Waals surface area contributed by atoms with Crippen LogP contribution in [-0.2, 0) is 4.79 Å². The third kappa shape index (κ3) is 4.98. The number of amides is 1. The SMILES string of the molecule is CCOc1cc(C=NNC(=O)CNc2ccc3ccccc3c2)ccc1O. The van der Waals surface area contributed by atoms with Crippen molar-refractivity contribution in [3.63, 3.8) is 0 Å². The van der Waals surface area contributed by atoms with Crippen LogP contribution in [-0.4, -0.2) is 30.4 Å². The van der Waals surface area contributed by atoms with Crippen molar-refractivity contribution in [1.29, 1.82) is 0 Å². The second-order valence-corrected chi connectivity index (χ2v) is 5.87. The van der Waals surface area contributed by atoms with E-state index in [2.05, 4.69) is 15.8 Å². The van der Waals surface area contributed by atoms with E-state index in [0.29, 0.717) is 17.9 Å². The average Bonchev–Trinajstić information content (AvgIpc) is 2.69. The number of hydrogen-bond acceptors (Lipinski definition) is 5. The van der Waals surface area contributed by atoms with Gasteiger partial charge in [-0.05, 0) is 53.6 Å². The first kappa shape index (κ1) is 18.3. The number of carbonyl (C=O) groups is 1. The van der Waals surface area contributed by atoms with E-state index >= 15 is 0 Å². The lowest BCUT2D eigenvalue weighted by atomic mass is 10.1. The minimum Gasteiger partial charge on any atom is -0.504 e. The highest BCUT2D eigenvalue weighted by molar-refractivity contribution is 5.87. The first-order valence-electron chi connectivity index (χ1n) is 8.66. The number of aromatic hydroxyl groups is 1. The molecule has 1 amide bonds. The summed E-state index contributed by atoms with van der Waals surface area (Å²) in [6.07, 6.45) is 1.50. The highest BCUT2D eigenvalue weighted by Gasteiger charge is 2.03.